The van der Waals surface area contributed by atoms with Gasteiger partial charge in [-0.15, -0.1) is 0 Å². The van der Waals surface area contributed by atoms with Gasteiger partial charge in [0.05, 0.1) is 10.6 Å². The zero-order chi connectivity index (χ0) is 14.6. The topological polar surface area (TPSA) is 85.1 Å². The Morgan fingerprint density at radius 1 is 1.20 bits per heavy atom. The molecule has 0 aliphatic heterocycles. The third-order valence-corrected chi connectivity index (χ3v) is 4.31. The molecule has 0 aliphatic carbocycles. The Kier molecular flexibility index (Phi) is 4.36. The number of benzene rings is 1. The Hall–Kier alpha value is -1.92. The summed E-state index contributed by atoms with van der Waals surface area (Å²) in [6.45, 7) is 2.34. The van der Waals surface area contributed by atoms with E-state index in [1.807, 2.05) is 0 Å². The summed E-state index contributed by atoms with van der Waals surface area (Å²) in [5.41, 5.74) is 7.79. The molecule has 3 N–H and O–H groups in total. The zero-order valence-corrected chi connectivity index (χ0v) is 12.0. The third-order valence-electron chi connectivity index (χ3n) is 2.93. The number of sulfonamides is 1. The van der Waals surface area contributed by atoms with E-state index in [9.17, 15) is 8.42 Å². The first-order valence-electron chi connectivity index (χ1n) is 6.25. The van der Waals surface area contributed by atoms with Gasteiger partial charge in [0, 0.05) is 12.4 Å². The van der Waals surface area contributed by atoms with E-state index in [0.717, 1.165) is 17.5 Å². The highest BCUT2D eigenvalue weighted by atomic mass is 32.2. The van der Waals surface area contributed by atoms with Gasteiger partial charge < -0.3 is 5.73 Å². The van der Waals surface area contributed by atoms with Gasteiger partial charge in [-0.3, -0.25) is 9.71 Å². The van der Waals surface area contributed by atoms with Crippen LogP contribution in [0.3, 0.4) is 0 Å². The van der Waals surface area contributed by atoms with Gasteiger partial charge in [0.2, 0.25) is 0 Å². The molecule has 1 aromatic carbocycles. The van der Waals surface area contributed by atoms with Gasteiger partial charge in [-0.25, -0.2) is 8.42 Å². The molecule has 0 atom stereocenters. The number of hydrogen-bond donors (Lipinski definition) is 2. The molecule has 106 valence electrons. The molecule has 2 rings (SSSR count). The van der Waals surface area contributed by atoms with Crippen molar-refractivity contribution in [2.75, 3.05) is 11.3 Å². The lowest BCUT2D eigenvalue weighted by Gasteiger charge is -2.10. The van der Waals surface area contributed by atoms with Crippen molar-refractivity contribution in [3.8, 4) is 0 Å². The number of rotatable bonds is 5. The van der Waals surface area contributed by atoms with Crippen molar-refractivity contribution in [2.24, 2.45) is 5.73 Å². The maximum Gasteiger partial charge on any atom is 0.261 e. The van der Waals surface area contributed by atoms with Gasteiger partial charge >= 0.3 is 0 Å². The van der Waals surface area contributed by atoms with E-state index in [1.54, 1.807) is 49.6 Å². The second-order valence-electron chi connectivity index (χ2n) is 4.48. The van der Waals surface area contributed by atoms with E-state index in [1.165, 1.54) is 0 Å². The average Bonchev–Trinajstić information content (AvgIpc) is 2.42. The van der Waals surface area contributed by atoms with E-state index in [4.69, 9.17) is 5.73 Å². The monoisotopic (exact) mass is 291 g/mol. The quantitative estimate of drug-likeness (QED) is 0.878. The molecule has 0 unspecified atom stereocenters. The molecule has 20 heavy (non-hydrogen) atoms. The minimum Gasteiger partial charge on any atom is -0.330 e. The first-order chi connectivity index (χ1) is 9.53. The molecule has 0 radical (unpaired) electrons. The van der Waals surface area contributed by atoms with Gasteiger partial charge in [0.15, 0.2) is 0 Å². The van der Waals surface area contributed by atoms with Crippen molar-refractivity contribution in [3.05, 3.63) is 53.9 Å². The van der Waals surface area contributed by atoms with E-state index >= 15 is 0 Å². The number of nitrogens with zero attached hydrogens (tertiary/aromatic N) is 1. The summed E-state index contributed by atoms with van der Waals surface area (Å²) in [6.07, 6.45) is 3.90. The number of anilines is 1. The van der Waals surface area contributed by atoms with Gasteiger partial charge in [-0.1, -0.05) is 12.1 Å². The smallest absolute Gasteiger partial charge is 0.261 e. The first kappa shape index (κ1) is 14.5. The summed E-state index contributed by atoms with van der Waals surface area (Å²) in [4.78, 5) is 4.16. The van der Waals surface area contributed by atoms with Crippen LogP contribution in [-0.4, -0.2) is 19.9 Å². The maximum atomic E-state index is 12.3. The number of hydrogen-bond acceptors (Lipinski definition) is 4. The van der Waals surface area contributed by atoms with Gasteiger partial charge in [0.1, 0.15) is 0 Å². The lowest BCUT2D eigenvalue weighted by atomic mass is 10.2. The molecule has 0 bridgehead atoms. The van der Waals surface area contributed by atoms with Crippen LogP contribution in [0.2, 0.25) is 0 Å². The number of pyridine rings is 1. The summed E-state index contributed by atoms with van der Waals surface area (Å²) in [7, 11) is -3.58. The Morgan fingerprint density at radius 3 is 2.50 bits per heavy atom. The molecule has 0 fully saturated rings. The van der Waals surface area contributed by atoms with E-state index < -0.39 is 10.0 Å². The predicted molar refractivity (Wildman–Crippen MR) is 79.0 cm³/mol. The van der Waals surface area contributed by atoms with Crippen molar-refractivity contribution in [3.63, 3.8) is 0 Å². The summed E-state index contributed by atoms with van der Waals surface area (Å²) >= 11 is 0. The highest BCUT2D eigenvalue weighted by Gasteiger charge is 2.14. The zero-order valence-electron chi connectivity index (χ0n) is 11.2. The fraction of sp³-hybridized carbons (Fsp3) is 0.214. The van der Waals surface area contributed by atoms with Gasteiger partial charge in [0.25, 0.3) is 10.0 Å². The Balaban J connectivity index is 2.24. The van der Waals surface area contributed by atoms with Crippen LogP contribution in [0.15, 0.2) is 47.6 Å². The summed E-state index contributed by atoms with van der Waals surface area (Å²) in [6, 6.07) is 8.37. The number of aromatic nitrogens is 1. The predicted octanol–water partition coefficient (Wildman–Crippen LogP) is 1.69. The Morgan fingerprint density at radius 2 is 1.90 bits per heavy atom. The van der Waals surface area contributed by atoms with Crippen LogP contribution in [0.4, 0.5) is 5.69 Å². The number of nitrogens with two attached hydrogens (primary N) is 1. The van der Waals surface area contributed by atoms with Crippen LogP contribution in [-0.2, 0) is 16.4 Å². The van der Waals surface area contributed by atoms with Gasteiger partial charge in [-0.2, -0.15) is 0 Å². The molecule has 5 nitrogen and oxygen atoms in total. The van der Waals surface area contributed by atoms with Crippen LogP contribution >= 0.6 is 0 Å². The van der Waals surface area contributed by atoms with Crippen molar-refractivity contribution < 1.29 is 8.42 Å². The molecule has 0 spiro atoms. The van der Waals surface area contributed by atoms with Crippen molar-refractivity contribution in [2.45, 2.75) is 18.2 Å². The number of aryl methyl sites for hydroxylation is 1. The minimum atomic E-state index is -3.58. The molecule has 0 saturated carbocycles. The summed E-state index contributed by atoms with van der Waals surface area (Å²) < 4.78 is 27.1. The molecule has 0 amide bonds. The van der Waals surface area contributed by atoms with E-state index in [0.29, 0.717) is 12.2 Å². The largest absolute Gasteiger partial charge is 0.330 e. The van der Waals surface area contributed by atoms with Crippen LogP contribution in [0, 0.1) is 6.92 Å². The van der Waals surface area contributed by atoms with Crippen LogP contribution in [0.1, 0.15) is 11.1 Å². The summed E-state index contributed by atoms with van der Waals surface area (Å²) in [5.74, 6) is 0. The highest BCUT2D eigenvalue weighted by molar-refractivity contribution is 7.92. The van der Waals surface area contributed by atoms with Crippen LogP contribution in [0.5, 0.6) is 0 Å². The van der Waals surface area contributed by atoms with E-state index in [-0.39, 0.29) is 4.90 Å². The third kappa shape index (κ3) is 3.34. The second-order valence-corrected chi connectivity index (χ2v) is 6.16. The molecule has 0 aliphatic rings. The number of nitrogens with one attached hydrogen (secondary N) is 1. The SMILES string of the molecule is Cc1cnccc1NS(=O)(=O)c1ccc(CCN)cc1. The molecule has 2 aromatic rings. The van der Waals surface area contributed by atoms with E-state index in [2.05, 4.69) is 9.71 Å². The Labute approximate surface area is 118 Å². The molecule has 1 aromatic heterocycles. The minimum absolute atomic E-state index is 0.231. The first-order valence-corrected chi connectivity index (χ1v) is 7.73. The standard InChI is InChI=1S/C14H17N3O2S/c1-11-10-16-9-7-14(11)17-20(18,19)13-4-2-12(3-5-13)6-8-15/h2-5,7,9-10H,6,8,15H2,1H3,(H,16,17). The van der Waals surface area contributed by atoms with Crippen LogP contribution < -0.4 is 10.5 Å². The fourth-order valence-corrected chi connectivity index (χ4v) is 2.92. The fourth-order valence-electron chi connectivity index (χ4n) is 1.79. The van der Waals surface area contributed by atoms with Crippen molar-refractivity contribution in [1.29, 1.82) is 0 Å². The highest BCUT2D eigenvalue weighted by Crippen LogP contribution is 2.18. The average molecular weight is 291 g/mol. The lowest BCUT2D eigenvalue weighted by molar-refractivity contribution is 0.601. The second kappa shape index (κ2) is 6.02. The Bertz CT molecular complexity index is 682. The van der Waals surface area contributed by atoms with Crippen LogP contribution in [0.25, 0.3) is 0 Å². The maximum absolute atomic E-state index is 12.3. The molecular weight excluding hydrogens is 274 g/mol. The van der Waals surface area contributed by atoms with Crippen molar-refractivity contribution in [1.82, 2.24) is 4.98 Å². The molecule has 0 saturated heterocycles. The normalized spacial score (nSPS) is 11.3. The lowest BCUT2D eigenvalue weighted by Crippen LogP contribution is -2.14. The van der Waals surface area contributed by atoms with Gasteiger partial charge in [-0.05, 0) is 49.2 Å². The summed E-state index contributed by atoms with van der Waals surface area (Å²) in [5, 5.41) is 0. The molecule has 6 heteroatoms. The van der Waals surface area contributed by atoms with Crippen molar-refractivity contribution >= 4 is 15.7 Å². The molecular formula is C14H17N3O2S. The molecule has 1 heterocycles.